The second kappa shape index (κ2) is 38.0. The number of aromatic hydroxyl groups is 1. The van der Waals surface area contributed by atoms with Gasteiger partial charge in [-0.05, 0) is 167 Å². The molecule has 0 spiro atoms. The van der Waals surface area contributed by atoms with Crippen LogP contribution in [0, 0.1) is 27.7 Å². The van der Waals surface area contributed by atoms with Crippen LogP contribution in [0.2, 0.25) is 0 Å². The second-order valence-corrected chi connectivity index (χ2v) is 25.0. The largest absolute Gasteiger partial charge is 0.508 e. The Morgan fingerprint density at radius 2 is 0.870 bits per heavy atom. The van der Waals surface area contributed by atoms with Crippen molar-refractivity contribution in [3.8, 4) is 23.0 Å². The standard InChI is InChI=1S/C19H23N3O3.C17H25NO3.C12H17NO.C10H19NO3.C7H8O.C5H7N3O.ClH/c1-14-5-3-4-6-17(14)25-16-9-11-22(12-10-16)19(24)13-15-7-8-18(23)21(2)20-15;1-13-7-5-6-8-15(13)20-14-9-11-18(12-10-14)16(19)21-17(2,3)4;1-10-4-2-3-5-12(10)14-11-6-8-13-9-7-11;1-10(2,3)14-9(13)11-6-4-8(12)5-7-11;1-6-4-2-3-5-7(6)8;1-8-5(9)3-2-4(6)7-8;/h3-8,16H,9-13H2,1-2H3;5-8,14H,9-12H2,1-4H3;2-5,11,13H,6-9H2,1H3;8,12H,4-7H2,1-3H3;2-5,8H,1H3;2-3H,1H3,(H2,6,7);1H. The molecule has 0 radical (unpaired) electrons. The number of phenols is 1. The predicted molar refractivity (Wildman–Crippen MR) is 362 cm³/mol. The van der Waals surface area contributed by atoms with E-state index in [4.69, 9.17) is 34.5 Å². The lowest BCUT2D eigenvalue weighted by atomic mass is 10.1. The van der Waals surface area contributed by atoms with Crippen LogP contribution in [-0.4, -0.2) is 151 Å². The molecule has 0 bridgehead atoms. The Kier molecular flexibility index (Phi) is 31.5. The lowest BCUT2D eigenvalue weighted by Gasteiger charge is -2.33. The fourth-order valence-electron chi connectivity index (χ4n) is 9.59. The van der Waals surface area contributed by atoms with Gasteiger partial charge in [0, 0.05) is 91.2 Å². The van der Waals surface area contributed by atoms with Crippen LogP contribution in [0.5, 0.6) is 23.0 Å². The van der Waals surface area contributed by atoms with Crippen LogP contribution in [0.1, 0.15) is 121 Å². The number of aliphatic hydroxyl groups excluding tert-OH is 1. The Morgan fingerprint density at radius 1 is 0.511 bits per heavy atom. The van der Waals surface area contributed by atoms with Crippen molar-refractivity contribution in [3.63, 3.8) is 0 Å². The number of halogens is 1. The molecule has 92 heavy (non-hydrogen) atoms. The van der Waals surface area contributed by atoms with E-state index in [1.807, 2.05) is 146 Å². The molecule has 6 heterocycles. The third-order valence-corrected chi connectivity index (χ3v) is 14.9. The first kappa shape index (κ1) is 76.3. The van der Waals surface area contributed by atoms with Crippen molar-refractivity contribution in [2.45, 2.75) is 163 Å². The van der Waals surface area contributed by atoms with E-state index in [0.717, 1.165) is 85.6 Å². The van der Waals surface area contributed by atoms with Gasteiger partial charge in [-0.2, -0.15) is 10.2 Å². The first-order valence-electron chi connectivity index (χ1n) is 31.5. The fourth-order valence-corrected chi connectivity index (χ4v) is 9.59. The van der Waals surface area contributed by atoms with Gasteiger partial charge in [0.2, 0.25) is 5.91 Å². The molecule has 4 saturated heterocycles. The minimum Gasteiger partial charge on any atom is -0.508 e. The van der Waals surface area contributed by atoms with Crippen molar-refractivity contribution in [3.05, 3.63) is 170 Å². The fraction of sp³-hybridized carbons (Fsp3) is 0.500. The first-order valence-corrected chi connectivity index (χ1v) is 31.5. The van der Waals surface area contributed by atoms with Gasteiger partial charge in [-0.15, -0.1) is 12.4 Å². The van der Waals surface area contributed by atoms with E-state index < -0.39 is 11.2 Å². The predicted octanol–water partition coefficient (Wildman–Crippen LogP) is 10.5. The van der Waals surface area contributed by atoms with E-state index in [1.54, 1.807) is 36.0 Å². The topological polar surface area (TPSA) is 255 Å². The number of anilines is 1. The van der Waals surface area contributed by atoms with Crippen LogP contribution in [0.3, 0.4) is 0 Å². The number of aliphatic hydroxyl groups is 1. The number of nitrogens with zero attached hydrogens (tertiary/aromatic N) is 7. The highest BCUT2D eigenvalue weighted by Crippen LogP contribution is 2.26. The number of phenolic OH excluding ortho intramolecular Hbond substituents is 1. The summed E-state index contributed by atoms with van der Waals surface area (Å²) in [7, 11) is 3.14. The smallest absolute Gasteiger partial charge is 0.410 e. The lowest BCUT2D eigenvalue weighted by molar-refractivity contribution is -0.132. The Bertz CT molecular complexity index is 3300. The summed E-state index contributed by atoms with van der Waals surface area (Å²) in [6.07, 6.45) is 7.04. The van der Waals surface area contributed by atoms with Gasteiger partial charge in [0.25, 0.3) is 11.1 Å². The molecule has 5 N–H and O–H groups in total. The molecule has 4 aliphatic heterocycles. The minimum atomic E-state index is -0.439. The number of ether oxygens (including phenoxy) is 5. The summed E-state index contributed by atoms with van der Waals surface area (Å²) in [6, 6.07) is 37.4. The number of hydrogen-bond acceptors (Lipinski definition) is 16. The number of nitrogens with two attached hydrogens (primary N) is 1. The number of likely N-dealkylation sites (tertiary alicyclic amines) is 3. The quantitative estimate of drug-likeness (QED) is 0.110. The Labute approximate surface area is 549 Å². The first-order chi connectivity index (χ1) is 43.1. The third-order valence-electron chi connectivity index (χ3n) is 14.9. The maximum Gasteiger partial charge on any atom is 0.410 e. The zero-order chi connectivity index (χ0) is 66.7. The number of carbonyl (C=O) groups is 3. The maximum atomic E-state index is 12.4. The molecule has 22 heteroatoms. The molecular weight excluding hydrogens is 1190 g/mol. The Hall–Kier alpha value is -8.14. The van der Waals surface area contributed by atoms with Crippen LogP contribution < -0.4 is 36.4 Å². The minimum absolute atomic E-state index is 0. The zero-order valence-electron chi connectivity index (χ0n) is 56.0. The lowest BCUT2D eigenvalue weighted by Crippen LogP contribution is -2.44. The second-order valence-electron chi connectivity index (χ2n) is 25.0. The van der Waals surface area contributed by atoms with Gasteiger partial charge >= 0.3 is 12.2 Å². The van der Waals surface area contributed by atoms with Gasteiger partial charge in [-0.25, -0.2) is 19.0 Å². The highest BCUT2D eigenvalue weighted by atomic mass is 35.5. The molecule has 0 unspecified atom stereocenters. The van der Waals surface area contributed by atoms with Gasteiger partial charge in [-0.3, -0.25) is 14.4 Å². The summed E-state index contributed by atoms with van der Waals surface area (Å²) in [5.41, 5.74) is 9.10. The van der Waals surface area contributed by atoms with Crippen molar-refractivity contribution in [2.24, 2.45) is 14.1 Å². The van der Waals surface area contributed by atoms with E-state index in [2.05, 4.69) is 34.6 Å². The van der Waals surface area contributed by atoms with Gasteiger partial charge in [0.1, 0.15) is 58.3 Å². The summed E-state index contributed by atoms with van der Waals surface area (Å²) in [4.78, 5) is 63.2. The van der Waals surface area contributed by atoms with E-state index in [0.29, 0.717) is 75.5 Å². The van der Waals surface area contributed by atoms with Gasteiger partial charge in [0.05, 0.1) is 18.2 Å². The number of amides is 3. The average molecular weight is 1300 g/mol. The molecule has 4 aliphatic rings. The van der Waals surface area contributed by atoms with Crippen molar-refractivity contribution in [1.82, 2.24) is 39.6 Å². The molecular formula is C70H100ClN9O12. The number of nitrogens with one attached hydrogen (secondary N) is 1. The third kappa shape index (κ3) is 28.2. The molecule has 0 aliphatic carbocycles. The number of para-hydroxylation sites is 4. The number of benzene rings is 4. The normalized spacial score (nSPS) is 15.4. The molecule has 10 rings (SSSR count). The van der Waals surface area contributed by atoms with Crippen LogP contribution in [0.4, 0.5) is 15.4 Å². The van der Waals surface area contributed by atoms with Crippen LogP contribution in [0.25, 0.3) is 0 Å². The molecule has 21 nitrogen and oxygen atoms in total. The summed E-state index contributed by atoms with van der Waals surface area (Å²) >= 11 is 0. The van der Waals surface area contributed by atoms with Gasteiger partial charge < -0.3 is 59.6 Å². The van der Waals surface area contributed by atoms with E-state index in [9.17, 15) is 29.1 Å². The summed E-state index contributed by atoms with van der Waals surface area (Å²) in [6.45, 7) is 25.3. The number of rotatable bonds is 8. The molecule has 6 aromatic rings. The maximum absolute atomic E-state index is 12.4. The van der Waals surface area contributed by atoms with E-state index in [-0.39, 0.29) is 66.4 Å². The average Bonchev–Trinajstić information content (AvgIpc) is 1.99. The number of aryl methyl sites for hydroxylation is 6. The molecule has 2 aromatic heterocycles. The molecule has 4 aromatic carbocycles. The van der Waals surface area contributed by atoms with E-state index >= 15 is 0 Å². The summed E-state index contributed by atoms with van der Waals surface area (Å²) in [5, 5.41) is 29.3. The molecule has 4 fully saturated rings. The Balaban J connectivity index is 0.000000245. The number of piperidine rings is 4. The van der Waals surface area contributed by atoms with Crippen molar-refractivity contribution in [2.75, 3.05) is 58.1 Å². The summed E-state index contributed by atoms with van der Waals surface area (Å²) < 4.78 is 31.1. The number of carbonyl (C=O) groups excluding carboxylic acids is 3. The van der Waals surface area contributed by atoms with Crippen LogP contribution in [0.15, 0.2) is 131 Å². The number of aromatic nitrogens is 4. The number of hydrogen-bond donors (Lipinski definition) is 4. The monoisotopic (exact) mass is 1290 g/mol. The van der Waals surface area contributed by atoms with E-state index in [1.165, 1.54) is 33.1 Å². The van der Waals surface area contributed by atoms with Gasteiger partial charge in [0.15, 0.2) is 0 Å². The van der Waals surface area contributed by atoms with Crippen molar-refractivity contribution < 1.29 is 48.3 Å². The molecule has 0 saturated carbocycles. The molecule has 0 atom stereocenters. The molecule has 504 valence electrons. The molecule has 3 amide bonds. The highest BCUT2D eigenvalue weighted by molar-refractivity contribution is 5.85. The van der Waals surface area contributed by atoms with Crippen LogP contribution >= 0.6 is 12.4 Å². The highest BCUT2D eigenvalue weighted by Gasteiger charge is 2.29. The number of nitrogen functional groups attached to an aromatic ring is 1. The summed E-state index contributed by atoms with van der Waals surface area (Å²) in [5.74, 6) is 3.67. The Morgan fingerprint density at radius 3 is 1.23 bits per heavy atom. The van der Waals surface area contributed by atoms with Gasteiger partial charge in [-0.1, -0.05) is 72.8 Å². The SMILES string of the molecule is CC(C)(C)OC(=O)N1CCC(O)CC1.Cc1ccccc1O.Cc1ccccc1OC1CCN(C(=O)Cc2ccc(=O)n(C)n2)CC1.Cc1ccccc1OC1CCN(C(=O)OC(C)(C)C)CC1.Cc1ccccc1OC1CCNCC1.Cl.Cn1nc(N)ccc1=O. The zero-order valence-corrected chi connectivity index (χ0v) is 56.8. The van der Waals surface area contributed by atoms with Crippen molar-refractivity contribution >= 4 is 36.3 Å². The van der Waals surface area contributed by atoms with Crippen LogP contribution in [-0.2, 0) is 34.8 Å². The van der Waals surface area contributed by atoms with Crippen molar-refractivity contribution in [1.29, 1.82) is 0 Å².